The van der Waals surface area contributed by atoms with Crippen molar-refractivity contribution in [1.29, 1.82) is 0 Å². The summed E-state index contributed by atoms with van der Waals surface area (Å²) in [5.41, 5.74) is 1.53. The van der Waals surface area contributed by atoms with E-state index in [9.17, 15) is 13.2 Å². The van der Waals surface area contributed by atoms with Crippen molar-refractivity contribution in [3.63, 3.8) is 0 Å². The number of aryl methyl sites for hydroxylation is 1. The van der Waals surface area contributed by atoms with E-state index in [1.165, 1.54) is 10.6 Å². The highest BCUT2D eigenvalue weighted by atomic mass is 32.2. The zero-order chi connectivity index (χ0) is 15.5. The Bertz CT molecular complexity index is 607. The van der Waals surface area contributed by atoms with Crippen molar-refractivity contribution in [2.75, 3.05) is 30.2 Å². The molecule has 0 N–H and O–H groups in total. The molecule has 0 spiro atoms. The van der Waals surface area contributed by atoms with Gasteiger partial charge in [0.25, 0.3) is 0 Å². The summed E-state index contributed by atoms with van der Waals surface area (Å²) in [5.74, 6) is 0.0368. The first-order valence-corrected chi connectivity index (χ1v) is 9.05. The molecule has 2 rings (SSSR count). The fourth-order valence-corrected chi connectivity index (χ4v) is 3.62. The Morgan fingerprint density at radius 1 is 1.24 bits per heavy atom. The number of carbonyl (C=O) groups is 1. The summed E-state index contributed by atoms with van der Waals surface area (Å²) >= 11 is 0. The quantitative estimate of drug-likeness (QED) is 0.833. The van der Waals surface area contributed by atoms with Crippen molar-refractivity contribution in [1.82, 2.24) is 4.90 Å². The molecule has 1 heterocycles. The number of likely N-dealkylation sites (tertiary alicyclic amines) is 1. The van der Waals surface area contributed by atoms with Crippen LogP contribution in [0, 0.1) is 6.92 Å². The minimum Gasteiger partial charge on any atom is -0.343 e. The van der Waals surface area contributed by atoms with Gasteiger partial charge in [-0.2, -0.15) is 0 Å². The van der Waals surface area contributed by atoms with Crippen molar-refractivity contribution in [3.05, 3.63) is 29.8 Å². The third kappa shape index (κ3) is 3.97. The lowest BCUT2D eigenvalue weighted by molar-refractivity contribution is -0.129. The van der Waals surface area contributed by atoms with E-state index in [4.69, 9.17) is 0 Å². The summed E-state index contributed by atoms with van der Waals surface area (Å²) < 4.78 is 25.4. The number of anilines is 1. The van der Waals surface area contributed by atoms with Crippen molar-refractivity contribution in [3.8, 4) is 0 Å². The van der Waals surface area contributed by atoms with E-state index >= 15 is 0 Å². The molecule has 1 aliphatic heterocycles. The van der Waals surface area contributed by atoms with E-state index in [0.717, 1.165) is 31.5 Å². The number of nitrogens with zero attached hydrogens (tertiary/aromatic N) is 2. The number of hydrogen-bond acceptors (Lipinski definition) is 3. The van der Waals surface area contributed by atoms with Crippen molar-refractivity contribution in [2.45, 2.75) is 26.2 Å². The van der Waals surface area contributed by atoms with Crippen molar-refractivity contribution in [2.24, 2.45) is 0 Å². The summed E-state index contributed by atoms with van der Waals surface area (Å²) in [6.45, 7) is 3.65. The first-order valence-electron chi connectivity index (χ1n) is 7.21. The van der Waals surface area contributed by atoms with Crippen LogP contribution in [0.2, 0.25) is 0 Å². The Hall–Kier alpha value is -1.56. The second-order valence-electron chi connectivity index (χ2n) is 5.46. The highest BCUT2D eigenvalue weighted by Gasteiger charge is 2.23. The maximum atomic E-state index is 12.1. The Morgan fingerprint density at radius 3 is 2.43 bits per heavy atom. The highest BCUT2D eigenvalue weighted by Crippen LogP contribution is 2.22. The van der Waals surface area contributed by atoms with Crippen LogP contribution >= 0.6 is 0 Å². The zero-order valence-corrected chi connectivity index (χ0v) is 13.4. The molecule has 1 aromatic rings. The molecule has 0 bridgehead atoms. The average Bonchev–Trinajstić information content (AvgIpc) is 2.93. The first-order chi connectivity index (χ1) is 9.89. The monoisotopic (exact) mass is 310 g/mol. The van der Waals surface area contributed by atoms with Crippen LogP contribution in [-0.4, -0.2) is 45.1 Å². The van der Waals surface area contributed by atoms with Crippen LogP contribution in [0.4, 0.5) is 5.69 Å². The molecule has 116 valence electrons. The van der Waals surface area contributed by atoms with Gasteiger partial charge >= 0.3 is 0 Å². The lowest BCUT2D eigenvalue weighted by Gasteiger charge is -2.25. The lowest BCUT2D eigenvalue weighted by atomic mass is 10.2. The van der Waals surface area contributed by atoms with Crippen LogP contribution in [0.25, 0.3) is 0 Å². The molecular weight excluding hydrogens is 288 g/mol. The van der Waals surface area contributed by atoms with E-state index in [1.807, 2.05) is 30.0 Å². The maximum absolute atomic E-state index is 12.1. The molecule has 6 heteroatoms. The SMILES string of the molecule is Cc1ccccc1N(CCC(=O)N1CCCC1)S(C)(=O)=O. The van der Waals surface area contributed by atoms with Gasteiger partial charge in [-0.15, -0.1) is 0 Å². The summed E-state index contributed by atoms with van der Waals surface area (Å²) in [7, 11) is -3.40. The first kappa shape index (κ1) is 15.8. The van der Waals surface area contributed by atoms with Gasteiger partial charge in [0.2, 0.25) is 15.9 Å². The average molecular weight is 310 g/mol. The molecule has 5 nitrogen and oxygen atoms in total. The topological polar surface area (TPSA) is 57.7 Å². The van der Waals surface area contributed by atoms with Crippen LogP contribution in [0.1, 0.15) is 24.8 Å². The van der Waals surface area contributed by atoms with E-state index < -0.39 is 10.0 Å². The molecule has 0 unspecified atom stereocenters. The van der Waals surface area contributed by atoms with Crippen molar-refractivity contribution >= 4 is 21.6 Å². The molecule has 0 aliphatic carbocycles. The van der Waals surface area contributed by atoms with Gasteiger partial charge in [0.05, 0.1) is 11.9 Å². The number of benzene rings is 1. The second-order valence-corrected chi connectivity index (χ2v) is 7.37. The summed E-state index contributed by atoms with van der Waals surface area (Å²) in [4.78, 5) is 13.9. The predicted octanol–water partition coefficient (Wildman–Crippen LogP) is 1.77. The molecular formula is C15H22N2O3S. The largest absolute Gasteiger partial charge is 0.343 e. The second kappa shape index (κ2) is 6.47. The molecule has 1 aromatic carbocycles. The predicted molar refractivity (Wildman–Crippen MR) is 83.8 cm³/mol. The number of sulfonamides is 1. The Kier molecular flexibility index (Phi) is 4.88. The van der Waals surface area contributed by atoms with Gasteiger partial charge in [0.1, 0.15) is 0 Å². The fourth-order valence-electron chi connectivity index (χ4n) is 2.63. The Labute approximate surface area is 126 Å². The van der Waals surface area contributed by atoms with Crippen LogP contribution in [0.5, 0.6) is 0 Å². The number of carbonyl (C=O) groups excluding carboxylic acids is 1. The van der Waals surface area contributed by atoms with Crippen LogP contribution in [0.3, 0.4) is 0 Å². The number of amides is 1. The van der Waals surface area contributed by atoms with Crippen molar-refractivity contribution < 1.29 is 13.2 Å². The molecule has 21 heavy (non-hydrogen) atoms. The van der Waals surface area contributed by atoms with E-state index in [2.05, 4.69) is 0 Å². The highest BCUT2D eigenvalue weighted by molar-refractivity contribution is 7.92. The molecule has 0 radical (unpaired) electrons. The van der Waals surface area contributed by atoms with E-state index in [0.29, 0.717) is 5.69 Å². The third-order valence-corrected chi connectivity index (χ3v) is 4.95. The minimum atomic E-state index is -3.40. The van der Waals surface area contributed by atoms with E-state index in [1.54, 1.807) is 6.07 Å². The van der Waals surface area contributed by atoms with Crippen LogP contribution in [0.15, 0.2) is 24.3 Å². The van der Waals surface area contributed by atoms with Gasteiger partial charge in [-0.25, -0.2) is 8.42 Å². The third-order valence-electron chi connectivity index (χ3n) is 3.77. The van der Waals surface area contributed by atoms with Crippen LogP contribution < -0.4 is 4.31 Å². The molecule has 0 aromatic heterocycles. The molecule has 1 saturated heterocycles. The molecule has 0 saturated carbocycles. The molecule has 1 amide bonds. The van der Waals surface area contributed by atoms with Gasteiger partial charge in [0, 0.05) is 26.1 Å². The minimum absolute atomic E-state index is 0.0368. The number of hydrogen-bond donors (Lipinski definition) is 0. The van der Waals surface area contributed by atoms with Crippen LogP contribution in [-0.2, 0) is 14.8 Å². The molecule has 1 fully saturated rings. The normalized spacial score (nSPS) is 15.2. The lowest BCUT2D eigenvalue weighted by Crippen LogP contribution is -2.36. The molecule has 1 aliphatic rings. The van der Waals surface area contributed by atoms with Gasteiger partial charge in [-0.1, -0.05) is 18.2 Å². The summed E-state index contributed by atoms with van der Waals surface area (Å²) in [6, 6.07) is 7.32. The number of para-hydroxylation sites is 1. The van der Waals surface area contributed by atoms with Gasteiger partial charge in [0.15, 0.2) is 0 Å². The van der Waals surface area contributed by atoms with Gasteiger partial charge in [-0.3, -0.25) is 9.10 Å². The fraction of sp³-hybridized carbons (Fsp3) is 0.533. The number of rotatable bonds is 5. The smallest absolute Gasteiger partial charge is 0.232 e. The standard InChI is InChI=1S/C15H22N2O3S/c1-13-7-3-4-8-14(13)17(21(2,19)20)12-9-15(18)16-10-5-6-11-16/h3-4,7-8H,5-6,9-12H2,1-2H3. The Morgan fingerprint density at radius 2 is 1.86 bits per heavy atom. The van der Waals surface area contributed by atoms with E-state index in [-0.39, 0.29) is 18.9 Å². The Balaban J connectivity index is 2.11. The zero-order valence-electron chi connectivity index (χ0n) is 12.6. The van der Waals surface area contributed by atoms with Gasteiger partial charge < -0.3 is 4.90 Å². The maximum Gasteiger partial charge on any atom is 0.232 e. The summed E-state index contributed by atoms with van der Waals surface area (Å²) in [5, 5.41) is 0. The van der Waals surface area contributed by atoms with Gasteiger partial charge in [-0.05, 0) is 31.4 Å². The summed E-state index contributed by atoms with van der Waals surface area (Å²) in [6.07, 6.45) is 3.49. The molecule has 0 atom stereocenters.